The molecule has 0 saturated carbocycles. The van der Waals surface area contributed by atoms with Crippen LogP contribution in [-0.4, -0.2) is 30.8 Å². The fourth-order valence-electron chi connectivity index (χ4n) is 2.11. The van der Waals surface area contributed by atoms with E-state index in [1.807, 2.05) is 6.92 Å². The molecule has 0 aromatic heterocycles. The van der Waals surface area contributed by atoms with Crippen LogP contribution in [0.4, 0.5) is 23.2 Å². The second-order valence-corrected chi connectivity index (χ2v) is 5.71. The van der Waals surface area contributed by atoms with Crippen LogP contribution in [0.5, 0.6) is 0 Å². The van der Waals surface area contributed by atoms with Crippen molar-refractivity contribution in [2.75, 3.05) is 13.6 Å². The SMILES string of the molecule is CCN(C)C=Nc1ccc(C(=O)OCc2ccccc2F)c(C(F)(F)F)c1. The van der Waals surface area contributed by atoms with Crippen LogP contribution in [0, 0.1) is 5.82 Å². The summed E-state index contributed by atoms with van der Waals surface area (Å²) in [6.45, 7) is 2.03. The van der Waals surface area contributed by atoms with E-state index in [9.17, 15) is 22.4 Å². The van der Waals surface area contributed by atoms with Gasteiger partial charge in [-0.05, 0) is 31.2 Å². The average molecular weight is 382 g/mol. The monoisotopic (exact) mass is 382 g/mol. The van der Waals surface area contributed by atoms with E-state index in [1.54, 1.807) is 11.9 Å². The highest BCUT2D eigenvalue weighted by Gasteiger charge is 2.36. The normalized spacial score (nSPS) is 11.6. The minimum Gasteiger partial charge on any atom is -0.457 e. The van der Waals surface area contributed by atoms with E-state index in [0.29, 0.717) is 6.54 Å². The zero-order valence-corrected chi connectivity index (χ0v) is 14.8. The topological polar surface area (TPSA) is 41.9 Å². The lowest BCUT2D eigenvalue weighted by Gasteiger charge is -2.14. The van der Waals surface area contributed by atoms with Crippen LogP contribution in [0.25, 0.3) is 0 Å². The zero-order chi connectivity index (χ0) is 20.0. The van der Waals surface area contributed by atoms with E-state index < -0.39 is 35.7 Å². The Hall–Kier alpha value is -2.90. The standard InChI is InChI=1S/C19H18F4N2O2/c1-3-25(2)12-24-14-8-9-15(16(10-14)19(21,22)23)18(26)27-11-13-6-4-5-7-17(13)20/h4-10,12H,3,11H2,1-2H3. The van der Waals surface area contributed by atoms with Gasteiger partial charge in [0.05, 0.1) is 23.2 Å². The highest BCUT2D eigenvalue weighted by molar-refractivity contribution is 5.92. The summed E-state index contributed by atoms with van der Waals surface area (Å²) in [7, 11) is 1.72. The maximum absolute atomic E-state index is 13.6. The van der Waals surface area contributed by atoms with Crippen molar-refractivity contribution in [2.45, 2.75) is 19.7 Å². The summed E-state index contributed by atoms with van der Waals surface area (Å²) in [6, 6.07) is 8.62. The van der Waals surface area contributed by atoms with Gasteiger partial charge in [0.2, 0.25) is 0 Å². The molecule has 4 nitrogen and oxygen atoms in total. The largest absolute Gasteiger partial charge is 0.457 e. The maximum Gasteiger partial charge on any atom is 0.417 e. The lowest BCUT2D eigenvalue weighted by molar-refractivity contribution is -0.138. The number of hydrogen-bond acceptors (Lipinski definition) is 3. The highest BCUT2D eigenvalue weighted by Crippen LogP contribution is 2.35. The van der Waals surface area contributed by atoms with Gasteiger partial charge in [-0.1, -0.05) is 18.2 Å². The van der Waals surface area contributed by atoms with Crippen molar-refractivity contribution < 1.29 is 27.1 Å². The molecular formula is C19H18F4N2O2. The molecule has 0 fully saturated rings. The minimum absolute atomic E-state index is 0.0493. The van der Waals surface area contributed by atoms with Crippen LogP contribution < -0.4 is 0 Å². The van der Waals surface area contributed by atoms with Gasteiger partial charge in [0.25, 0.3) is 0 Å². The molecule has 0 bridgehead atoms. The second-order valence-electron chi connectivity index (χ2n) is 5.71. The van der Waals surface area contributed by atoms with Crippen molar-refractivity contribution in [3.05, 3.63) is 65.0 Å². The Balaban J connectivity index is 2.25. The highest BCUT2D eigenvalue weighted by atomic mass is 19.4. The summed E-state index contributed by atoms with van der Waals surface area (Å²) in [4.78, 5) is 17.8. The minimum atomic E-state index is -4.77. The molecule has 0 aliphatic rings. The first-order valence-electron chi connectivity index (χ1n) is 8.08. The molecule has 144 valence electrons. The van der Waals surface area contributed by atoms with E-state index in [0.717, 1.165) is 12.1 Å². The number of benzene rings is 2. The number of aliphatic imine (C=N–C) groups is 1. The molecule has 2 rings (SSSR count). The van der Waals surface area contributed by atoms with Crippen molar-refractivity contribution in [1.82, 2.24) is 4.90 Å². The summed E-state index contributed by atoms with van der Waals surface area (Å²) in [6.07, 6.45) is -3.37. The number of alkyl halides is 3. The Bertz CT molecular complexity index is 835. The Kier molecular flexibility index (Phi) is 6.55. The van der Waals surface area contributed by atoms with Gasteiger partial charge < -0.3 is 9.64 Å². The first-order chi connectivity index (χ1) is 12.7. The predicted octanol–water partition coefficient (Wildman–Crippen LogP) is 4.81. The fraction of sp³-hybridized carbons (Fsp3) is 0.263. The molecular weight excluding hydrogens is 364 g/mol. The van der Waals surface area contributed by atoms with Gasteiger partial charge in [0.1, 0.15) is 12.4 Å². The molecule has 0 radical (unpaired) electrons. The van der Waals surface area contributed by atoms with Gasteiger partial charge in [0.15, 0.2) is 0 Å². The molecule has 0 amide bonds. The number of nitrogens with zero attached hydrogens (tertiary/aromatic N) is 2. The second kappa shape index (κ2) is 8.66. The zero-order valence-electron chi connectivity index (χ0n) is 14.8. The number of carbonyl (C=O) groups excluding carboxylic acids is 1. The van der Waals surface area contributed by atoms with Crippen LogP contribution in [-0.2, 0) is 17.5 Å². The Morgan fingerprint density at radius 3 is 2.56 bits per heavy atom. The molecule has 0 N–H and O–H groups in total. The summed E-state index contributed by atoms with van der Waals surface area (Å²) in [5, 5.41) is 0. The van der Waals surface area contributed by atoms with E-state index in [1.165, 1.54) is 36.7 Å². The Morgan fingerprint density at radius 1 is 1.22 bits per heavy atom. The fourth-order valence-corrected chi connectivity index (χ4v) is 2.11. The molecule has 0 aliphatic carbocycles. The van der Waals surface area contributed by atoms with Gasteiger partial charge >= 0.3 is 12.1 Å². The van der Waals surface area contributed by atoms with Gasteiger partial charge in [-0.15, -0.1) is 0 Å². The number of carbonyl (C=O) groups is 1. The van der Waals surface area contributed by atoms with Crippen LogP contribution in [0.1, 0.15) is 28.4 Å². The lowest BCUT2D eigenvalue weighted by Crippen LogP contribution is -2.16. The molecule has 0 spiro atoms. The summed E-state index contributed by atoms with van der Waals surface area (Å²) in [5.74, 6) is -1.79. The third-order valence-corrected chi connectivity index (χ3v) is 3.75. The van der Waals surface area contributed by atoms with Gasteiger partial charge in [-0.3, -0.25) is 0 Å². The molecule has 0 unspecified atom stereocenters. The van der Waals surface area contributed by atoms with Crippen LogP contribution in [0.15, 0.2) is 47.5 Å². The molecule has 0 saturated heterocycles. The number of rotatable bonds is 6. The Labute approximate surface area is 154 Å². The van der Waals surface area contributed by atoms with Crippen LogP contribution in [0.2, 0.25) is 0 Å². The van der Waals surface area contributed by atoms with Gasteiger partial charge in [0, 0.05) is 19.2 Å². The van der Waals surface area contributed by atoms with Crippen molar-refractivity contribution in [1.29, 1.82) is 0 Å². The summed E-state index contributed by atoms with van der Waals surface area (Å²) >= 11 is 0. The van der Waals surface area contributed by atoms with E-state index in [2.05, 4.69) is 4.99 Å². The maximum atomic E-state index is 13.6. The van der Waals surface area contributed by atoms with Crippen molar-refractivity contribution >= 4 is 18.0 Å². The first kappa shape index (κ1) is 20.4. The van der Waals surface area contributed by atoms with Crippen molar-refractivity contribution in [3.8, 4) is 0 Å². The van der Waals surface area contributed by atoms with E-state index in [-0.39, 0.29) is 11.3 Å². The number of hydrogen-bond donors (Lipinski definition) is 0. The van der Waals surface area contributed by atoms with Crippen LogP contribution >= 0.6 is 0 Å². The van der Waals surface area contributed by atoms with Crippen molar-refractivity contribution in [2.24, 2.45) is 4.99 Å². The first-order valence-corrected chi connectivity index (χ1v) is 8.08. The third-order valence-electron chi connectivity index (χ3n) is 3.75. The van der Waals surface area contributed by atoms with Crippen molar-refractivity contribution in [3.63, 3.8) is 0 Å². The lowest BCUT2D eigenvalue weighted by atomic mass is 10.1. The number of halogens is 4. The van der Waals surface area contributed by atoms with Gasteiger partial charge in [-0.25, -0.2) is 14.2 Å². The molecule has 8 heteroatoms. The molecule has 27 heavy (non-hydrogen) atoms. The van der Waals surface area contributed by atoms with E-state index in [4.69, 9.17) is 4.74 Å². The Morgan fingerprint density at radius 2 is 1.93 bits per heavy atom. The summed E-state index contributed by atoms with van der Waals surface area (Å²) in [5.41, 5.74) is -1.69. The molecule has 0 aliphatic heterocycles. The number of ether oxygens (including phenoxy) is 1. The third kappa shape index (κ3) is 5.54. The quantitative estimate of drug-likeness (QED) is 0.312. The molecule has 2 aromatic carbocycles. The number of esters is 1. The predicted molar refractivity (Wildman–Crippen MR) is 93.4 cm³/mol. The molecule has 0 heterocycles. The molecule has 2 aromatic rings. The van der Waals surface area contributed by atoms with Gasteiger partial charge in [-0.2, -0.15) is 13.2 Å². The van der Waals surface area contributed by atoms with Crippen LogP contribution in [0.3, 0.4) is 0 Å². The average Bonchev–Trinajstić information content (AvgIpc) is 2.64. The molecule has 0 atom stereocenters. The smallest absolute Gasteiger partial charge is 0.417 e. The summed E-state index contributed by atoms with van der Waals surface area (Å²) < 4.78 is 58.5. The van der Waals surface area contributed by atoms with E-state index >= 15 is 0 Å².